The Bertz CT molecular complexity index is 515. The fraction of sp³-hybridized carbons (Fsp3) is 0.579. The Labute approximate surface area is 151 Å². The number of guanidine groups is 1. The van der Waals surface area contributed by atoms with E-state index in [-0.39, 0.29) is 12.0 Å². The molecule has 1 unspecified atom stereocenters. The van der Waals surface area contributed by atoms with Crippen LogP contribution < -0.4 is 15.4 Å². The SMILES string of the molecule is CCNC(=NCC(C)Oc1ccccc1)NCCC(=O)N(CC)CC. The smallest absolute Gasteiger partial charge is 0.224 e. The zero-order valence-corrected chi connectivity index (χ0v) is 15.9. The first-order chi connectivity index (χ1) is 12.1. The van der Waals surface area contributed by atoms with Gasteiger partial charge in [-0.1, -0.05) is 18.2 Å². The summed E-state index contributed by atoms with van der Waals surface area (Å²) in [5, 5.41) is 6.40. The standard InChI is InChI=1S/C19H32N4O2/c1-5-20-19(21-14-13-18(24)23(6-2)7-3)22-15-16(4)25-17-11-9-8-10-12-17/h8-12,16H,5-7,13-15H2,1-4H3,(H2,20,21,22). The lowest BCUT2D eigenvalue weighted by Crippen LogP contribution is -2.40. The summed E-state index contributed by atoms with van der Waals surface area (Å²) in [5.41, 5.74) is 0. The third kappa shape index (κ3) is 8.42. The second-order valence-electron chi connectivity index (χ2n) is 5.70. The number of para-hydroxylation sites is 1. The molecule has 2 N–H and O–H groups in total. The van der Waals surface area contributed by atoms with Crippen LogP contribution in [0.2, 0.25) is 0 Å². The summed E-state index contributed by atoms with van der Waals surface area (Å²) in [6, 6.07) is 9.72. The second kappa shape index (κ2) is 12.2. The van der Waals surface area contributed by atoms with Crippen molar-refractivity contribution >= 4 is 11.9 Å². The molecule has 0 fully saturated rings. The van der Waals surface area contributed by atoms with Crippen molar-refractivity contribution in [3.63, 3.8) is 0 Å². The molecule has 0 aliphatic heterocycles. The summed E-state index contributed by atoms with van der Waals surface area (Å²) in [5.74, 6) is 1.71. The highest BCUT2D eigenvalue weighted by molar-refractivity contribution is 5.81. The molecule has 0 aliphatic carbocycles. The number of carbonyl (C=O) groups is 1. The van der Waals surface area contributed by atoms with Crippen LogP contribution >= 0.6 is 0 Å². The van der Waals surface area contributed by atoms with Gasteiger partial charge in [0.2, 0.25) is 5.91 Å². The van der Waals surface area contributed by atoms with E-state index in [1.807, 2.05) is 62.9 Å². The molecule has 0 spiro atoms. The quantitative estimate of drug-likeness (QED) is 0.503. The zero-order valence-electron chi connectivity index (χ0n) is 15.9. The number of ether oxygens (including phenoxy) is 1. The van der Waals surface area contributed by atoms with Crippen LogP contribution in [0.15, 0.2) is 35.3 Å². The van der Waals surface area contributed by atoms with Gasteiger partial charge in [0.05, 0.1) is 6.54 Å². The topological polar surface area (TPSA) is 66.0 Å². The van der Waals surface area contributed by atoms with Gasteiger partial charge in [-0.15, -0.1) is 0 Å². The van der Waals surface area contributed by atoms with Crippen LogP contribution in [0, 0.1) is 0 Å². The average Bonchev–Trinajstić information content (AvgIpc) is 2.61. The first-order valence-electron chi connectivity index (χ1n) is 9.12. The molecule has 1 amide bonds. The third-order valence-corrected chi connectivity index (χ3v) is 3.68. The van der Waals surface area contributed by atoms with Gasteiger partial charge in [-0.05, 0) is 39.8 Å². The summed E-state index contributed by atoms with van der Waals surface area (Å²) >= 11 is 0. The Balaban J connectivity index is 2.43. The Kier molecular flexibility index (Phi) is 10.1. The summed E-state index contributed by atoms with van der Waals surface area (Å²) < 4.78 is 5.82. The van der Waals surface area contributed by atoms with Crippen LogP contribution in [0.3, 0.4) is 0 Å². The lowest BCUT2D eigenvalue weighted by molar-refractivity contribution is -0.130. The first kappa shape index (κ1) is 20.8. The Morgan fingerprint density at radius 2 is 1.84 bits per heavy atom. The van der Waals surface area contributed by atoms with Crippen molar-refractivity contribution in [1.29, 1.82) is 0 Å². The minimum absolute atomic E-state index is 0.0323. The van der Waals surface area contributed by atoms with E-state index in [9.17, 15) is 4.79 Å². The molecule has 6 heteroatoms. The molecule has 0 aliphatic rings. The van der Waals surface area contributed by atoms with E-state index < -0.39 is 0 Å². The van der Waals surface area contributed by atoms with Gasteiger partial charge in [0.15, 0.2) is 5.96 Å². The molecule has 1 atom stereocenters. The van der Waals surface area contributed by atoms with Gasteiger partial charge < -0.3 is 20.3 Å². The predicted molar refractivity (Wildman–Crippen MR) is 103 cm³/mol. The number of rotatable bonds is 10. The number of hydrogen-bond acceptors (Lipinski definition) is 3. The summed E-state index contributed by atoms with van der Waals surface area (Å²) in [6.45, 7) is 11.4. The average molecular weight is 348 g/mol. The third-order valence-electron chi connectivity index (χ3n) is 3.68. The summed E-state index contributed by atoms with van der Waals surface area (Å²) in [4.78, 5) is 18.4. The molecule has 1 aromatic carbocycles. The van der Waals surface area contributed by atoms with Crippen LogP contribution in [0.1, 0.15) is 34.1 Å². The van der Waals surface area contributed by atoms with E-state index in [1.165, 1.54) is 0 Å². The minimum atomic E-state index is -0.0323. The number of nitrogens with one attached hydrogen (secondary N) is 2. The Morgan fingerprint density at radius 1 is 1.16 bits per heavy atom. The van der Waals surface area contributed by atoms with Crippen molar-refractivity contribution in [2.75, 3.05) is 32.7 Å². The van der Waals surface area contributed by atoms with Crippen LogP contribution in [0.4, 0.5) is 0 Å². The Hall–Kier alpha value is -2.24. The van der Waals surface area contributed by atoms with Crippen molar-refractivity contribution in [2.45, 2.75) is 40.2 Å². The zero-order chi connectivity index (χ0) is 18.5. The van der Waals surface area contributed by atoms with E-state index in [0.717, 1.165) is 25.4 Å². The van der Waals surface area contributed by atoms with E-state index >= 15 is 0 Å². The molecular weight excluding hydrogens is 316 g/mol. The molecule has 1 rings (SSSR count). The minimum Gasteiger partial charge on any atom is -0.489 e. The fourth-order valence-corrected chi connectivity index (χ4v) is 2.35. The molecule has 0 saturated carbocycles. The molecule has 0 bridgehead atoms. The highest BCUT2D eigenvalue weighted by Gasteiger charge is 2.09. The lowest BCUT2D eigenvalue weighted by atomic mass is 10.3. The van der Waals surface area contributed by atoms with Crippen LogP contribution in [0.5, 0.6) is 5.75 Å². The maximum Gasteiger partial charge on any atom is 0.224 e. The number of hydrogen-bond donors (Lipinski definition) is 2. The van der Waals surface area contributed by atoms with E-state index in [0.29, 0.717) is 25.5 Å². The number of aliphatic imine (C=N–C) groups is 1. The highest BCUT2D eigenvalue weighted by Crippen LogP contribution is 2.10. The van der Waals surface area contributed by atoms with Crippen molar-refractivity contribution in [2.24, 2.45) is 4.99 Å². The molecule has 140 valence electrons. The molecule has 1 aromatic rings. The Morgan fingerprint density at radius 3 is 2.44 bits per heavy atom. The van der Waals surface area contributed by atoms with Crippen molar-refractivity contribution < 1.29 is 9.53 Å². The van der Waals surface area contributed by atoms with Crippen molar-refractivity contribution in [3.05, 3.63) is 30.3 Å². The lowest BCUT2D eigenvalue weighted by Gasteiger charge is -2.19. The number of carbonyl (C=O) groups excluding carboxylic acids is 1. The molecule has 0 aromatic heterocycles. The molecular formula is C19H32N4O2. The predicted octanol–water partition coefficient (Wildman–Crippen LogP) is 2.27. The highest BCUT2D eigenvalue weighted by atomic mass is 16.5. The summed E-state index contributed by atoms with van der Waals surface area (Å²) in [7, 11) is 0. The van der Waals surface area contributed by atoms with Crippen LogP contribution in [0.25, 0.3) is 0 Å². The van der Waals surface area contributed by atoms with E-state index in [4.69, 9.17) is 4.74 Å². The second-order valence-corrected chi connectivity index (χ2v) is 5.70. The van der Waals surface area contributed by atoms with Crippen LogP contribution in [-0.4, -0.2) is 55.6 Å². The van der Waals surface area contributed by atoms with Gasteiger partial charge in [0.1, 0.15) is 11.9 Å². The normalized spacial score (nSPS) is 12.4. The maximum absolute atomic E-state index is 12.0. The molecule has 6 nitrogen and oxygen atoms in total. The van der Waals surface area contributed by atoms with Gasteiger partial charge in [-0.2, -0.15) is 0 Å². The monoisotopic (exact) mass is 348 g/mol. The van der Waals surface area contributed by atoms with Gasteiger partial charge in [0.25, 0.3) is 0 Å². The maximum atomic E-state index is 12.0. The largest absolute Gasteiger partial charge is 0.489 e. The molecule has 0 saturated heterocycles. The fourth-order valence-electron chi connectivity index (χ4n) is 2.35. The number of amides is 1. The molecule has 0 radical (unpaired) electrons. The number of benzene rings is 1. The summed E-state index contributed by atoms with van der Waals surface area (Å²) in [6.07, 6.45) is 0.428. The van der Waals surface area contributed by atoms with Gasteiger partial charge in [0, 0.05) is 32.6 Å². The van der Waals surface area contributed by atoms with Crippen molar-refractivity contribution in [1.82, 2.24) is 15.5 Å². The van der Waals surface area contributed by atoms with Gasteiger partial charge in [-0.25, -0.2) is 4.99 Å². The van der Waals surface area contributed by atoms with Crippen LogP contribution in [-0.2, 0) is 4.79 Å². The first-order valence-corrected chi connectivity index (χ1v) is 9.12. The molecule has 0 heterocycles. The van der Waals surface area contributed by atoms with E-state index in [1.54, 1.807) is 0 Å². The van der Waals surface area contributed by atoms with E-state index in [2.05, 4.69) is 15.6 Å². The number of nitrogens with zero attached hydrogens (tertiary/aromatic N) is 2. The molecule has 25 heavy (non-hydrogen) atoms. The van der Waals surface area contributed by atoms with Crippen molar-refractivity contribution in [3.8, 4) is 5.75 Å². The van der Waals surface area contributed by atoms with Gasteiger partial charge >= 0.3 is 0 Å². The van der Waals surface area contributed by atoms with Gasteiger partial charge in [-0.3, -0.25) is 4.79 Å².